The molecule has 3 unspecified atom stereocenters. The molecule has 0 bridgehead atoms. The van der Waals surface area contributed by atoms with Gasteiger partial charge in [0.25, 0.3) is 0 Å². The summed E-state index contributed by atoms with van der Waals surface area (Å²) in [7, 11) is 0. The largest absolute Gasteiger partial charge is 0.310 e. The van der Waals surface area contributed by atoms with Gasteiger partial charge in [0.05, 0.1) is 0 Å². The van der Waals surface area contributed by atoms with Gasteiger partial charge in [-0.25, -0.2) is 8.78 Å². The average Bonchev–Trinajstić information content (AvgIpc) is 3.01. The van der Waals surface area contributed by atoms with Crippen molar-refractivity contribution in [3.05, 3.63) is 35.4 Å². The van der Waals surface area contributed by atoms with Gasteiger partial charge < -0.3 is 5.32 Å². The van der Waals surface area contributed by atoms with E-state index < -0.39 is 11.6 Å². The summed E-state index contributed by atoms with van der Waals surface area (Å²) in [6, 6.07) is 4.53. The molecule has 3 heteroatoms. The maximum absolute atomic E-state index is 13.4. The maximum Gasteiger partial charge on any atom is 0.159 e. The van der Waals surface area contributed by atoms with E-state index in [0.29, 0.717) is 5.92 Å². The highest BCUT2D eigenvalue weighted by Gasteiger charge is 2.48. The number of halogens is 2. The fourth-order valence-corrected chi connectivity index (χ4v) is 3.60. The second-order valence-corrected chi connectivity index (χ2v) is 6.09. The van der Waals surface area contributed by atoms with Gasteiger partial charge in [-0.15, -0.1) is 0 Å². The topological polar surface area (TPSA) is 12.0 Å². The molecule has 2 fully saturated rings. The average molecular weight is 265 g/mol. The lowest BCUT2D eigenvalue weighted by atomic mass is 9.89. The monoisotopic (exact) mass is 265 g/mol. The first-order valence-corrected chi connectivity index (χ1v) is 7.37. The van der Waals surface area contributed by atoms with Crippen molar-refractivity contribution in [1.82, 2.24) is 5.32 Å². The van der Waals surface area contributed by atoms with Crippen molar-refractivity contribution in [3.63, 3.8) is 0 Å². The fourth-order valence-electron chi connectivity index (χ4n) is 3.60. The number of hydrogen-bond acceptors (Lipinski definition) is 1. The van der Waals surface area contributed by atoms with E-state index in [-0.39, 0.29) is 6.04 Å². The van der Waals surface area contributed by atoms with Gasteiger partial charge in [0.1, 0.15) is 0 Å². The first-order valence-electron chi connectivity index (χ1n) is 7.37. The number of hydrogen-bond donors (Lipinski definition) is 1. The summed E-state index contributed by atoms with van der Waals surface area (Å²) in [6.45, 7) is 3.05. The zero-order chi connectivity index (χ0) is 13.4. The molecule has 3 atom stereocenters. The first-order chi connectivity index (χ1) is 9.19. The van der Waals surface area contributed by atoms with Gasteiger partial charge in [-0.3, -0.25) is 0 Å². The predicted molar refractivity (Wildman–Crippen MR) is 71.7 cm³/mol. The summed E-state index contributed by atoms with van der Waals surface area (Å²) in [4.78, 5) is 0. The van der Waals surface area contributed by atoms with E-state index in [2.05, 4.69) is 12.2 Å². The second-order valence-electron chi connectivity index (χ2n) is 6.09. The number of nitrogens with one attached hydrogen (secondary N) is 1. The lowest BCUT2D eigenvalue weighted by Gasteiger charge is -2.26. The van der Waals surface area contributed by atoms with Crippen molar-refractivity contribution < 1.29 is 8.78 Å². The third-order valence-corrected chi connectivity index (χ3v) is 4.67. The first kappa shape index (κ1) is 13.0. The molecule has 0 heterocycles. The molecule has 2 saturated carbocycles. The fraction of sp³-hybridized carbons (Fsp3) is 0.625. The van der Waals surface area contributed by atoms with Crippen molar-refractivity contribution >= 4 is 0 Å². The van der Waals surface area contributed by atoms with Crippen LogP contribution in [0.5, 0.6) is 0 Å². The van der Waals surface area contributed by atoms with Crippen LogP contribution in [0, 0.1) is 29.4 Å². The highest BCUT2D eigenvalue weighted by atomic mass is 19.2. The number of fused-ring (bicyclic) bond motifs is 1. The summed E-state index contributed by atoms with van der Waals surface area (Å²) in [5.74, 6) is 0.902. The minimum Gasteiger partial charge on any atom is -0.310 e. The Morgan fingerprint density at radius 2 is 1.89 bits per heavy atom. The molecule has 19 heavy (non-hydrogen) atoms. The lowest BCUT2D eigenvalue weighted by molar-refractivity contribution is 0.340. The van der Waals surface area contributed by atoms with E-state index in [9.17, 15) is 8.78 Å². The van der Waals surface area contributed by atoms with Crippen molar-refractivity contribution in [3.8, 4) is 0 Å². The Balaban J connectivity index is 1.78. The summed E-state index contributed by atoms with van der Waals surface area (Å²) >= 11 is 0. The Kier molecular flexibility index (Phi) is 3.57. The Morgan fingerprint density at radius 1 is 1.16 bits per heavy atom. The van der Waals surface area contributed by atoms with E-state index >= 15 is 0 Å². The van der Waals surface area contributed by atoms with Crippen LogP contribution in [0.1, 0.15) is 44.2 Å². The molecule has 1 N–H and O–H groups in total. The molecule has 0 spiro atoms. The van der Waals surface area contributed by atoms with Crippen molar-refractivity contribution in [2.75, 3.05) is 6.54 Å². The molecule has 2 aliphatic rings. The SMILES string of the molecule is CCCNC(c1ccc(F)c(F)c1)C1CC2CC2C1. The summed E-state index contributed by atoms with van der Waals surface area (Å²) in [6.07, 6.45) is 4.92. The number of rotatable bonds is 5. The third-order valence-electron chi connectivity index (χ3n) is 4.67. The Bertz CT molecular complexity index is 450. The summed E-state index contributed by atoms with van der Waals surface area (Å²) in [5.41, 5.74) is 0.902. The predicted octanol–water partition coefficient (Wildman–Crippen LogP) is 4.05. The van der Waals surface area contributed by atoms with Crippen LogP contribution in [-0.4, -0.2) is 6.54 Å². The van der Waals surface area contributed by atoms with Gasteiger partial charge in [0.2, 0.25) is 0 Å². The van der Waals surface area contributed by atoms with Crippen molar-refractivity contribution in [2.45, 2.75) is 38.6 Å². The Labute approximate surface area is 113 Å². The quantitative estimate of drug-likeness (QED) is 0.847. The van der Waals surface area contributed by atoms with Gasteiger partial charge in [-0.05, 0) is 67.7 Å². The van der Waals surface area contributed by atoms with E-state index in [1.165, 1.54) is 31.4 Å². The Hall–Kier alpha value is -0.960. The Morgan fingerprint density at radius 3 is 2.53 bits per heavy atom. The minimum absolute atomic E-state index is 0.183. The van der Waals surface area contributed by atoms with E-state index in [4.69, 9.17) is 0 Å². The molecule has 0 aliphatic heterocycles. The normalized spacial score (nSPS) is 30.2. The number of benzene rings is 1. The van der Waals surface area contributed by atoms with Crippen LogP contribution in [-0.2, 0) is 0 Å². The molecule has 1 aromatic rings. The third kappa shape index (κ3) is 2.66. The van der Waals surface area contributed by atoms with E-state index in [1.54, 1.807) is 6.07 Å². The molecule has 0 amide bonds. The molecule has 104 valence electrons. The van der Waals surface area contributed by atoms with Crippen molar-refractivity contribution in [1.29, 1.82) is 0 Å². The van der Waals surface area contributed by atoms with Crippen molar-refractivity contribution in [2.24, 2.45) is 17.8 Å². The van der Waals surface area contributed by atoms with Crippen LogP contribution in [0.3, 0.4) is 0 Å². The van der Waals surface area contributed by atoms with Crippen LogP contribution in [0.4, 0.5) is 8.78 Å². The minimum atomic E-state index is -0.757. The zero-order valence-electron chi connectivity index (χ0n) is 11.3. The standard InChI is InChI=1S/C16H21F2N/c1-2-5-19-16(13-7-11-6-12(11)8-13)10-3-4-14(17)15(18)9-10/h3-4,9,11-13,16,19H,2,5-8H2,1H3. The summed E-state index contributed by atoms with van der Waals surface area (Å²) < 4.78 is 26.5. The van der Waals surface area contributed by atoms with E-state index in [1.807, 2.05) is 0 Å². The molecule has 1 nitrogen and oxygen atoms in total. The maximum atomic E-state index is 13.4. The highest BCUT2D eigenvalue weighted by molar-refractivity contribution is 5.23. The molecule has 3 rings (SSSR count). The van der Waals surface area contributed by atoms with E-state index in [0.717, 1.165) is 30.4 Å². The smallest absolute Gasteiger partial charge is 0.159 e. The zero-order valence-corrected chi connectivity index (χ0v) is 11.3. The van der Waals surface area contributed by atoms with Gasteiger partial charge in [0.15, 0.2) is 11.6 Å². The molecular formula is C16H21F2N. The highest BCUT2D eigenvalue weighted by Crippen LogP contribution is 2.57. The van der Waals surface area contributed by atoms with Gasteiger partial charge in [-0.1, -0.05) is 13.0 Å². The molecule has 0 saturated heterocycles. The van der Waals surface area contributed by atoms with Crippen LogP contribution < -0.4 is 5.32 Å². The van der Waals surface area contributed by atoms with Crippen LogP contribution in [0.25, 0.3) is 0 Å². The van der Waals surface area contributed by atoms with Crippen LogP contribution in [0.2, 0.25) is 0 Å². The second kappa shape index (κ2) is 5.20. The lowest BCUT2D eigenvalue weighted by Crippen LogP contribution is -2.28. The van der Waals surface area contributed by atoms with Gasteiger partial charge in [0, 0.05) is 6.04 Å². The molecule has 0 radical (unpaired) electrons. The van der Waals surface area contributed by atoms with Gasteiger partial charge >= 0.3 is 0 Å². The molecule has 1 aromatic carbocycles. The van der Waals surface area contributed by atoms with Crippen LogP contribution in [0.15, 0.2) is 18.2 Å². The van der Waals surface area contributed by atoms with Crippen LogP contribution >= 0.6 is 0 Å². The summed E-state index contributed by atoms with van der Waals surface area (Å²) in [5, 5.41) is 3.53. The molecular weight excluding hydrogens is 244 g/mol. The molecule has 2 aliphatic carbocycles. The molecule has 0 aromatic heterocycles. The van der Waals surface area contributed by atoms with Gasteiger partial charge in [-0.2, -0.15) is 0 Å².